The van der Waals surface area contributed by atoms with Crippen molar-refractivity contribution in [3.8, 4) is 0 Å². The van der Waals surface area contributed by atoms with Gasteiger partial charge in [0.15, 0.2) is 5.13 Å². The molecule has 0 bridgehead atoms. The van der Waals surface area contributed by atoms with Crippen LogP contribution in [-0.4, -0.2) is 20.5 Å². The van der Waals surface area contributed by atoms with Crippen LogP contribution in [0.4, 0.5) is 5.13 Å². The second-order valence-electron chi connectivity index (χ2n) is 2.69. The molecular weight excluding hydrogens is 232 g/mol. The summed E-state index contributed by atoms with van der Waals surface area (Å²) in [7, 11) is 0. The lowest BCUT2D eigenvalue weighted by Gasteiger charge is -1.98. The van der Waals surface area contributed by atoms with Gasteiger partial charge in [-0.2, -0.15) is 0 Å². The standard InChI is InChI=1S/C8H8N4OS2/c1-2-5-6(15-12-11-5)7(13)10-8-9-3-4-14-8/h3-4H,2H2,1H3,(H,9,10,13). The number of rotatable bonds is 3. The van der Waals surface area contributed by atoms with Gasteiger partial charge in [-0.15, -0.1) is 16.4 Å². The van der Waals surface area contributed by atoms with Crippen LogP contribution >= 0.6 is 22.9 Å². The van der Waals surface area contributed by atoms with Crippen LogP contribution in [0.5, 0.6) is 0 Å². The van der Waals surface area contributed by atoms with Crippen molar-refractivity contribution in [2.24, 2.45) is 0 Å². The number of aryl methyl sites for hydroxylation is 1. The van der Waals surface area contributed by atoms with Crippen molar-refractivity contribution >= 4 is 33.9 Å². The van der Waals surface area contributed by atoms with Gasteiger partial charge in [-0.3, -0.25) is 10.1 Å². The second kappa shape index (κ2) is 4.45. The van der Waals surface area contributed by atoms with E-state index in [9.17, 15) is 4.79 Å². The van der Waals surface area contributed by atoms with Crippen LogP contribution in [0.25, 0.3) is 0 Å². The molecule has 2 heterocycles. The maximum absolute atomic E-state index is 11.7. The lowest BCUT2D eigenvalue weighted by molar-refractivity contribution is 0.102. The largest absolute Gasteiger partial charge is 0.297 e. The summed E-state index contributed by atoms with van der Waals surface area (Å²) in [5.74, 6) is -0.184. The minimum atomic E-state index is -0.184. The average Bonchev–Trinajstić information content (AvgIpc) is 2.86. The molecule has 0 atom stereocenters. The summed E-state index contributed by atoms with van der Waals surface area (Å²) in [6.45, 7) is 1.94. The fourth-order valence-corrected chi connectivity index (χ4v) is 2.22. The van der Waals surface area contributed by atoms with Crippen LogP contribution in [0.3, 0.4) is 0 Å². The van der Waals surface area contributed by atoms with Gasteiger partial charge in [-0.1, -0.05) is 11.4 Å². The highest BCUT2D eigenvalue weighted by Gasteiger charge is 2.15. The number of nitrogens with one attached hydrogen (secondary N) is 1. The Bertz CT molecular complexity index is 451. The molecule has 5 nitrogen and oxygen atoms in total. The van der Waals surface area contributed by atoms with E-state index < -0.39 is 0 Å². The van der Waals surface area contributed by atoms with Gasteiger partial charge in [-0.25, -0.2) is 4.98 Å². The Hall–Kier alpha value is -1.34. The minimum Gasteiger partial charge on any atom is -0.297 e. The van der Waals surface area contributed by atoms with E-state index in [-0.39, 0.29) is 5.91 Å². The van der Waals surface area contributed by atoms with Crippen LogP contribution in [0, 0.1) is 0 Å². The van der Waals surface area contributed by atoms with E-state index in [2.05, 4.69) is 19.9 Å². The normalized spacial score (nSPS) is 10.2. The highest BCUT2D eigenvalue weighted by atomic mass is 32.1. The molecule has 78 valence electrons. The molecule has 2 rings (SSSR count). The van der Waals surface area contributed by atoms with Gasteiger partial charge in [-0.05, 0) is 18.0 Å². The number of anilines is 1. The Morgan fingerprint density at radius 3 is 3.13 bits per heavy atom. The zero-order chi connectivity index (χ0) is 10.7. The third-order valence-corrected chi connectivity index (χ3v) is 3.21. The number of hydrogen-bond acceptors (Lipinski definition) is 6. The smallest absolute Gasteiger partial charge is 0.271 e. The number of nitrogens with zero attached hydrogens (tertiary/aromatic N) is 3. The molecule has 2 aromatic rings. The molecule has 1 amide bonds. The number of hydrogen-bond donors (Lipinski definition) is 1. The first kappa shape index (κ1) is 10.2. The van der Waals surface area contributed by atoms with Crippen molar-refractivity contribution in [2.45, 2.75) is 13.3 Å². The SMILES string of the molecule is CCc1nnsc1C(=O)Nc1nccs1. The Balaban J connectivity index is 2.15. The molecule has 1 N–H and O–H groups in total. The van der Waals surface area contributed by atoms with Gasteiger partial charge in [0.1, 0.15) is 4.88 Å². The number of thiazole rings is 1. The molecule has 0 fully saturated rings. The van der Waals surface area contributed by atoms with E-state index in [0.29, 0.717) is 16.4 Å². The molecule has 0 spiro atoms. The third kappa shape index (κ3) is 2.18. The van der Waals surface area contributed by atoms with Gasteiger partial charge in [0.05, 0.1) is 5.69 Å². The topological polar surface area (TPSA) is 67.8 Å². The zero-order valence-corrected chi connectivity index (χ0v) is 9.56. The van der Waals surface area contributed by atoms with Crippen LogP contribution in [0.1, 0.15) is 22.3 Å². The lowest BCUT2D eigenvalue weighted by Crippen LogP contribution is -2.11. The maximum Gasteiger partial charge on any atom is 0.271 e. The molecule has 0 aliphatic heterocycles. The number of carbonyl (C=O) groups is 1. The summed E-state index contributed by atoms with van der Waals surface area (Å²) in [6, 6.07) is 0. The van der Waals surface area contributed by atoms with E-state index in [1.165, 1.54) is 11.3 Å². The molecular formula is C8H8N4OS2. The van der Waals surface area contributed by atoms with Crippen molar-refractivity contribution in [3.05, 3.63) is 22.1 Å². The molecule has 15 heavy (non-hydrogen) atoms. The monoisotopic (exact) mass is 240 g/mol. The fraction of sp³-hybridized carbons (Fsp3) is 0.250. The quantitative estimate of drug-likeness (QED) is 0.888. The van der Waals surface area contributed by atoms with E-state index >= 15 is 0 Å². The van der Waals surface area contributed by atoms with E-state index in [0.717, 1.165) is 17.2 Å². The van der Waals surface area contributed by atoms with Gasteiger partial charge >= 0.3 is 0 Å². The lowest BCUT2D eigenvalue weighted by atomic mass is 10.3. The minimum absolute atomic E-state index is 0.184. The summed E-state index contributed by atoms with van der Waals surface area (Å²) in [5, 5.41) is 8.97. The molecule has 0 saturated heterocycles. The van der Waals surface area contributed by atoms with Gasteiger partial charge in [0.25, 0.3) is 5.91 Å². The predicted octanol–water partition coefficient (Wildman–Crippen LogP) is 1.81. The first-order chi connectivity index (χ1) is 7.31. The maximum atomic E-state index is 11.7. The summed E-state index contributed by atoms with van der Waals surface area (Å²) in [5.41, 5.74) is 0.731. The first-order valence-electron chi connectivity index (χ1n) is 4.33. The first-order valence-corrected chi connectivity index (χ1v) is 5.98. The van der Waals surface area contributed by atoms with Crippen molar-refractivity contribution in [2.75, 3.05) is 5.32 Å². The van der Waals surface area contributed by atoms with E-state index in [1.807, 2.05) is 6.92 Å². The van der Waals surface area contributed by atoms with Gasteiger partial charge in [0.2, 0.25) is 0 Å². The second-order valence-corrected chi connectivity index (χ2v) is 4.34. The van der Waals surface area contributed by atoms with Crippen LogP contribution in [0.15, 0.2) is 11.6 Å². The van der Waals surface area contributed by atoms with Crippen LogP contribution in [-0.2, 0) is 6.42 Å². The molecule has 0 aromatic carbocycles. The Kier molecular flexibility index (Phi) is 3.02. The van der Waals surface area contributed by atoms with Crippen LogP contribution < -0.4 is 5.32 Å². The molecule has 7 heteroatoms. The van der Waals surface area contributed by atoms with Crippen LogP contribution in [0.2, 0.25) is 0 Å². The van der Waals surface area contributed by atoms with E-state index in [4.69, 9.17) is 0 Å². The highest BCUT2D eigenvalue weighted by Crippen LogP contribution is 2.16. The van der Waals surface area contributed by atoms with E-state index in [1.54, 1.807) is 11.6 Å². The number of amides is 1. The Morgan fingerprint density at radius 1 is 1.60 bits per heavy atom. The Morgan fingerprint density at radius 2 is 2.47 bits per heavy atom. The summed E-state index contributed by atoms with van der Waals surface area (Å²) in [6.07, 6.45) is 2.35. The summed E-state index contributed by atoms with van der Waals surface area (Å²) < 4.78 is 3.76. The number of carbonyl (C=O) groups excluding carboxylic acids is 1. The Labute approximate surface area is 94.3 Å². The zero-order valence-electron chi connectivity index (χ0n) is 7.93. The van der Waals surface area contributed by atoms with Crippen molar-refractivity contribution in [3.63, 3.8) is 0 Å². The summed E-state index contributed by atoms with van der Waals surface area (Å²) >= 11 is 2.49. The molecule has 0 aliphatic carbocycles. The average molecular weight is 240 g/mol. The molecule has 0 unspecified atom stereocenters. The summed E-state index contributed by atoms with van der Waals surface area (Å²) in [4.78, 5) is 16.3. The predicted molar refractivity (Wildman–Crippen MR) is 59.4 cm³/mol. The van der Waals surface area contributed by atoms with Crippen molar-refractivity contribution < 1.29 is 4.79 Å². The molecule has 0 saturated carbocycles. The third-order valence-electron chi connectivity index (χ3n) is 1.75. The van der Waals surface area contributed by atoms with Gasteiger partial charge < -0.3 is 0 Å². The van der Waals surface area contributed by atoms with Crippen molar-refractivity contribution in [1.29, 1.82) is 0 Å². The molecule has 0 radical (unpaired) electrons. The molecule has 2 aromatic heterocycles. The van der Waals surface area contributed by atoms with Crippen molar-refractivity contribution in [1.82, 2.24) is 14.6 Å². The fourth-order valence-electron chi connectivity index (χ4n) is 1.05. The highest BCUT2D eigenvalue weighted by molar-refractivity contribution is 7.14. The van der Waals surface area contributed by atoms with Gasteiger partial charge in [0, 0.05) is 11.6 Å². The number of aromatic nitrogens is 3. The molecule has 0 aliphatic rings.